The number of ether oxygens (including phenoxy) is 3. The maximum absolute atomic E-state index is 14.7. The summed E-state index contributed by atoms with van der Waals surface area (Å²) in [6, 6.07) is 3.25. The average Bonchev–Trinajstić information content (AvgIpc) is 3.60. The third-order valence-corrected chi connectivity index (χ3v) is 7.91. The van der Waals surface area contributed by atoms with Gasteiger partial charge in [-0.25, -0.2) is 9.37 Å². The molecule has 0 aliphatic carbocycles. The van der Waals surface area contributed by atoms with Crippen molar-refractivity contribution in [2.45, 2.75) is 19.1 Å². The van der Waals surface area contributed by atoms with E-state index in [2.05, 4.69) is 31.6 Å². The van der Waals surface area contributed by atoms with Gasteiger partial charge in [0, 0.05) is 58.1 Å². The molecule has 1 unspecified atom stereocenters. The summed E-state index contributed by atoms with van der Waals surface area (Å²) in [6.45, 7) is 8.80. The quantitative estimate of drug-likeness (QED) is 0.318. The second-order valence-electron chi connectivity index (χ2n) is 10.4. The molecule has 1 aromatic carbocycles. The molecule has 2 fully saturated rings. The Morgan fingerprint density at radius 2 is 1.90 bits per heavy atom. The maximum Gasteiger partial charge on any atom is 0.319 e. The van der Waals surface area contributed by atoms with E-state index in [9.17, 15) is 9.18 Å². The van der Waals surface area contributed by atoms with E-state index in [-0.39, 0.29) is 40.8 Å². The van der Waals surface area contributed by atoms with Gasteiger partial charge < -0.3 is 24.0 Å². The number of likely N-dealkylation sites (N-methyl/N-ethyl adjacent to an activating group) is 1. The Balaban J connectivity index is 1.46. The first-order chi connectivity index (χ1) is 20.2. The fraction of sp³-hybridized carbons (Fsp3) is 0.393. The number of amides is 1. The van der Waals surface area contributed by atoms with Crippen LogP contribution in [0.3, 0.4) is 0 Å². The van der Waals surface area contributed by atoms with E-state index in [1.807, 2.05) is 20.0 Å². The molecule has 1 N–H and O–H groups in total. The third-order valence-electron chi connectivity index (χ3n) is 7.55. The zero-order chi connectivity index (χ0) is 29.5. The molecule has 5 heterocycles. The standard InChI is InChI=1S/C28H30ClFN8O4/c1-5-22(39)37-6-8-38(9-7-37)26-16-10-15(2)32-27(42-25-17-12-31-35-19(17)11-18(30)23(25)29)24(16)33-28(34-26)41-21-14-36(3)13-20(21)40-4/h5,10-12,20-21H,1,6-9,13-14H2,2-4H3,(H,31,35)/t20-,21?/m1/s1. The number of benzene rings is 1. The van der Waals surface area contributed by atoms with E-state index in [0.29, 0.717) is 72.6 Å². The van der Waals surface area contributed by atoms with Crippen LogP contribution >= 0.6 is 11.6 Å². The number of nitrogens with zero attached hydrogens (tertiary/aromatic N) is 7. The molecule has 2 saturated heterocycles. The van der Waals surface area contributed by atoms with E-state index >= 15 is 0 Å². The summed E-state index contributed by atoms with van der Waals surface area (Å²) in [4.78, 5) is 32.3. The lowest BCUT2D eigenvalue weighted by Crippen LogP contribution is -2.48. The SMILES string of the molecule is C=CC(=O)N1CCN(c2nc(OC3CN(C)C[C@H]3OC)nc3c(Oc4c(Cl)c(F)cc5[nH]ncc45)nc(C)cc23)CC1. The van der Waals surface area contributed by atoms with Crippen LogP contribution in [0.1, 0.15) is 5.69 Å². The second-order valence-corrected chi connectivity index (χ2v) is 10.8. The number of methoxy groups -OCH3 is 1. The molecule has 14 heteroatoms. The molecule has 1 amide bonds. The zero-order valence-corrected chi connectivity index (χ0v) is 24.2. The number of aryl methyl sites for hydroxylation is 1. The van der Waals surface area contributed by atoms with Crippen LogP contribution in [0.15, 0.2) is 31.0 Å². The summed E-state index contributed by atoms with van der Waals surface area (Å²) in [5.41, 5.74) is 1.41. The van der Waals surface area contributed by atoms with Gasteiger partial charge in [0.2, 0.25) is 11.8 Å². The number of pyridine rings is 1. The van der Waals surface area contributed by atoms with Crippen LogP contribution in [-0.2, 0) is 9.53 Å². The number of hydrogen-bond donors (Lipinski definition) is 1. The Hall–Kier alpha value is -4.07. The molecule has 2 atom stereocenters. The van der Waals surface area contributed by atoms with Gasteiger partial charge in [-0.1, -0.05) is 18.2 Å². The van der Waals surface area contributed by atoms with Gasteiger partial charge in [-0.2, -0.15) is 15.1 Å². The number of aromatic amines is 1. The van der Waals surface area contributed by atoms with Crippen molar-refractivity contribution in [2.24, 2.45) is 0 Å². The molecule has 0 radical (unpaired) electrons. The Kier molecular flexibility index (Phi) is 7.56. The Morgan fingerprint density at radius 3 is 2.64 bits per heavy atom. The van der Waals surface area contributed by atoms with Crippen molar-refractivity contribution in [2.75, 3.05) is 58.3 Å². The lowest BCUT2D eigenvalue weighted by Gasteiger charge is -2.35. The number of rotatable bonds is 7. The minimum Gasteiger partial charge on any atom is -0.456 e. The predicted molar refractivity (Wildman–Crippen MR) is 155 cm³/mol. The van der Waals surface area contributed by atoms with Gasteiger partial charge >= 0.3 is 6.01 Å². The van der Waals surface area contributed by atoms with E-state index in [1.165, 1.54) is 18.3 Å². The molecule has 0 spiro atoms. The van der Waals surface area contributed by atoms with Gasteiger partial charge in [0.15, 0.2) is 5.75 Å². The third kappa shape index (κ3) is 5.19. The molecule has 12 nitrogen and oxygen atoms in total. The molecule has 2 aliphatic heterocycles. The molecule has 0 bridgehead atoms. The number of fused-ring (bicyclic) bond motifs is 2. The molecule has 6 rings (SSSR count). The van der Waals surface area contributed by atoms with Gasteiger partial charge in [-0.05, 0) is 26.1 Å². The highest BCUT2D eigenvalue weighted by molar-refractivity contribution is 6.33. The van der Waals surface area contributed by atoms with E-state index in [0.717, 1.165) is 0 Å². The summed E-state index contributed by atoms with van der Waals surface area (Å²) in [5, 5.41) is 7.70. The highest BCUT2D eigenvalue weighted by Crippen LogP contribution is 2.40. The first-order valence-electron chi connectivity index (χ1n) is 13.5. The fourth-order valence-corrected chi connectivity index (χ4v) is 5.61. The number of nitrogens with one attached hydrogen (secondary N) is 1. The number of hydrogen-bond acceptors (Lipinski definition) is 10. The molecular formula is C28H30ClFN8O4. The van der Waals surface area contributed by atoms with Crippen LogP contribution < -0.4 is 14.4 Å². The second kappa shape index (κ2) is 11.3. The van der Waals surface area contributed by atoms with Crippen LogP contribution in [0.5, 0.6) is 17.6 Å². The zero-order valence-electron chi connectivity index (χ0n) is 23.4. The number of carbonyl (C=O) groups excluding carboxylic acids is 1. The smallest absolute Gasteiger partial charge is 0.319 e. The molecule has 4 aromatic rings. The van der Waals surface area contributed by atoms with Gasteiger partial charge in [0.25, 0.3) is 0 Å². The summed E-state index contributed by atoms with van der Waals surface area (Å²) in [7, 11) is 3.64. The normalized spacial score (nSPS) is 19.5. The summed E-state index contributed by atoms with van der Waals surface area (Å²) < 4.78 is 32.9. The van der Waals surface area contributed by atoms with Crippen molar-refractivity contribution in [1.82, 2.24) is 34.9 Å². The fourth-order valence-electron chi connectivity index (χ4n) is 5.42. The molecule has 3 aromatic heterocycles. The summed E-state index contributed by atoms with van der Waals surface area (Å²) >= 11 is 6.37. The van der Waals surface area contributed by atoms with Gasteiger partial charge in [-0.15, -0.1) is 0 Å². The van der Waals surface area contributed by atoms with Crippen molar-refractivity contribution in [3.8, 4) is 17.6 Å². The number of anilines is 1. The number of halogens is 2. The highest BCUT2D eigenvalue weighted by atomic mass is 35.5. The van der Waals surface area contributed by atoms with Crippen LogP contribution in [0.25, 0.3) is 21.8 Å². The van der Waals surface area contributed by atoms with E-state index in [4.69, 9.17) is 35.8 Å². The van der Waals surface area contributed by atoms with E-state index in [1.54, 1.807) is 12.0 Å². The van der Waals surface area contributed by atoms with Gasteiger partial charge in [0.05, 0.1) is 22.5 Å². The van der Waals surface area contributed by atoms with E-state index < -0.39 is 5.82 Å². The van der Waals surface area contributed by atoms with Crippen molar-refractivity contribution in [3.63, 3.8) is 0 Å². The minimum absolute atomic E-state index is 0.0656. The van der Waals surface area contributed by atoms with Crippen molar-refractivity contribution in [1.29, 1.82) is 0 Å². The predicted octanol–water partition coefficient (Wildman–Crippen LogP) is 3.34. The highest BCUT2D eigenvalue weighted by Gasteiger charge is 2.34. The summed E-state index contributed by atoms with van der Waals surface area (Å²) in [5.74, 6) is 0.00453. The largest absolute Gasteiger partial charge is 0.456 e. The molecular weight excluding hydrogens is 567 g/mol. The first-order valence-corrected chi connectivity index (χ1v) is 13.9. The van der Waals surface area contributed by atoms with Crippen molar-refractivity contribution in [3.05, 3.63) is 47.5 Å². The molecule has 220 valence electrons. The maximum atomic E-state index is 14.7. The van der Waals surface area contributed by atoms with Crippen LogP contribution in [0, 0.1) is 12.7 Å². The number of carbonyl (C=O) groups is 1. The van der Waals surface area contributed by atoms with Crippen molar-refractivity contribution >= 4 is 45.1 Å². The van der Waals surface area contributed by atoms with Crippen LogP contribution in [0.4, 0.5) is 10.2 Å². The number of aromatic nitrogens is 5. The van der Waals surface area contributed by atoms with Crippen molar-refractivity contribution < 1.29 is 23.4 Å². The number of H-pyrrole nitrogens is 1. The Labute approximate surface area is 246 Å². The number of piperazine rings is 1. The monoisotopic (exact) mass is 596 g/mol. The number of likely N-dealkylation sites (tertiary alicyclic amines) is 1. The van der Waals surface area contributed by atoms with Gasteiger partial charge in [0.1, 0.15) is 34.4 Å². The van der Waals surface area contributed by atoms with Gasteiger partial charge in [-0.3, -0.25) is 14.8 Å². The molecule has 42 heavy (non-hydrogen) atoms. The molecule has 2 aliphatic rings. The Morgan fingerprint density at radius 1 is 1.14 bits per heavy atom. The minimum atomic E-state index is -0.664. The lowest BCUT2D eigenvalue weighted by molar-refractivity contribution is -0.126. The summed E-state index contributed by atoms with van der Waals surface area (Å²) in [6.07, 6.45) is 2.35. The van der Waals surface area contributed by atoms with Crippen LogP contribution in [-0.4, -0.2) is 106 Å². The molecule has 0 saturated carbocycles. The topological polar surface area (TPSA) is 122 Å². The lowest BCUT2D eigenvalue weighted by atomic mass is 10.2. The van der Waals surface area contributed by atoms with Crippen LogP contribution in [0.2, 0.25) is 5.02 Å². The Bertz CT molecular complexity index is 1680. The first kappa shape index (κ1) is 28.1. The average molecular weight is 597 g/mol.